The van der Waals surface area contributed by atoms with Crippen molar-refractivity contribution in [1.82, 2.24) is 25.3 Å². The van der Waals surface area contributed by atoms with Crippen molar-refractivity contribution in [1.29, 1.82) is 0 Å². The molecule has 0 atom stereocenters. The third kappa shape index (κ3) is 14.8. The number of piperidine rings is 2. The van der Waals surface area contributed by atoms with Gasteiger partial charge in [0.05, 0.1) is 33.0 Å². The number of carbonyl (C=O) groups is 2. The number of hydrogen-bond acceptors (Lipinski definition) is 17. The van der Waals surface area contributed by atoms with Crippen LogP contribution in [0.25, 0.3) is 22.2 Å². The summed E-state index contributed by atoms with van der Waals surface area (Å²) in [6.45, 7) is 2.55. The molecule has 394 valence electrons. The third-order valence-electron chi connectivity index (χ3n) is 11.7. The third-order valence-corrected chi connectivity index (χ3v) is 12.5. The topological polar surface area (TPSA) is 235 Å². The molecule has 26 heteroatoms. The molecule has 0 saturated carbocycles. The molecular weight excluding hydrogens is 1480 g/mol. The van der Waals surface area contributed by atoms with E-state index in [1.165, 1.54) is 0 Å². The van der Waals surface area contributed by atoms with Crippen molar-refractivity contribution in [3.63, 3.8) is 0 Å². The van der Waals surface area contributed by atoms with Crippen molar-refractivity contribution < 1.29 is 52.5 Å². The molecule has 3 aliphatic rings. The van der Waals surface area contributed by atoms with Gasteiger partial charge in [-0.25, -0.2) is 24.1 Å². The molecule has 0 radical (unpaired) electrons. The summed E-state index contributed by atoms with van der Waals surface area (Å²) in [5.74, 6) is 1.49. The van der Waals surface area contributed by atoms with E-state index in [9.17, 15) is 29.0 Å². The molecular formula is C44H57Cl3Fm2N9O11P. The summed E-state index contributed by atoms with van der Waals surface area (Å²) in [6.07, 6.45) is 4.19. The first-order valence-electron chi connectivity index (χ1n) is 22.7. The van der Waals surface area contributed by atoms with Crippen molar-refractivity contribution in [2.75, 3.05) is 125 Å². The Morgan fingerprint density at radius 2 is 1.21 bits per heavy atom. The first kappa shape index (κ1) is 54.4. The molecule has 2 aromatic heterocycles. The molecule has 20 nitrogen and oxygen atoms in total. The number of halogens is 3. The predicted octanol–water partition coefficient (Wildman–Crippen LogP) is 6.19. The number of benzene rings is 2. The fourth-order valence-corrected chi connectivity index (χ4v) is 8.97. The van der Waals surface area contributed by atoms with E-state index in [2.05, 4.69) is 27.2 Å². The number of alkyl carbamates (subject to hydrolysis) is 1. The molecule has 4 N–H and O–H groups in total. The van der Waals surface area contributed by atoms with Gasteiger partial charge in [0.2, 0.25) is 15.7 Å². The summed E-state index contributed by atoms with van der Waals surface area (Å²) in [7, 11) is -4.76. The van der Waals surface area contributed by atoms with Crippen LogP contribution in [0.5, 0.6) is 0 Å². The van der Waals surface area contributed by atoms with Crippen LogP contribution in [0.2, 0.25) is 0 Å². The number of phosphoric ester groups is 1. The van der Waals surface area contributed by atoms with Gasteiger partial charge in [0.15, 0.2) is 11.6 Å². The van der Waals surface area contributed by atoms with Gasteiger partial charge >= 0.3 is 20.1 Å². The number of aliphatic hydroxyl groups excluding tert-OH is 1. The van der Waals surface area contributed by atoms with Gasteiger partial charge in [-0.2, -0.15) is 9.97 Å². The Balaban J connectivity index is 0.00000456. The van der Waals surface area contributed by atoms with Gasteiger partial charge in [0, 0.05) is 58.3 Å². The minimum Gasteiger partial charge on any atom is -0.445 e. The summed E-state index contributed by atoms with van der Waals surface area (Å²) in [6, 6.07) is 16.2. The molecule has 0 unspecified atom stereocenters. The Kier molecular flexibility index (Phi) is 19.7. The number of carbonyl (C=O) groups excluding carboxylic acids is 2. The Bertz CT molecular complexity index is 2340. The van der Waals surface area contributed by atoms with E-state index in [1.54, 1.807) is 4.90 Å². The van der Waals surface area contributed by atoms with E-state index < -0.39 is 30.5 Å². The fraction of sp³-hybridized carbons (Fsp3) is 0.545. The fourth-order valence-electron chi connectivity index (χ4n) is 8.48. The molecule has 2 fully saturated rings. The van der Waals surface area contributed by atoms with Gasteiger partial charge in [-0.15, -0.1) is 0 Å². The summed E-state index contributed by atoms with van der Waals surface area (Å²) in [4.78, 5) is 72.2. The van der Waals surface area contributed by atoms with Gasteiger partial charge in [-0.1, -0.05) is 83.3 Å². The SMILES string of the molecule is O=C(NCCOCCN(CCOC(=O)OCC1c2ccccc2-c2ccccc21)c1nc(N2CCCCC2)c2nc(N(CCO)CCOP(=O)(O)O)nc(N3CCCCC3)c2n1)OCC(Cl)(Cl)Cl.[Fm].[Fm]. The first-order valence-corrected chi connectivity index (χ1v) is 25.4. The number of rotatable bonds is 22. The number of alkyl halides is 3. The van der Waals surface area contributed by atoms with Crippen LogP contribution < -0.4 is 24.9 Å². The molecule has 0 spiro atoms. The maximum Gasteiger partial charge on any atom is 0.508 e. The van der Waals surface area contributed by atoms with Crippen molar-refractivity contribution in [2.45, 2.75) is 48.2 Å². The average molecular weight is 1540 g/mol. The van der Waals surface area contributed by atoms with E-state index in [0.717, 1.165) is 60.8 Å². The van der Waals surface area contributed by atoms with E-state index in [-0.39, 0.29) is 84.2 Å². The molecule has 2 aromatic carbocycles. The number of amides is 1. The monoisotopic (exact) mass is 1540 g/mol. The number of phosphoric acid groups is 1. The Morgan fingerprint density at radius 3 is 1.74 bits per heavy atom. The van der Waals surface area contributed by atoms with Crippen molar-refractivity contribution in [3.05, 3.63) is 59.7 Å². The second-order valence-corrected chi connectivity index (χ2v) is 20.1. The number of anilines is 4. The number of aliphatic hydroxyl groups is 1. The summed E-state index contributed by atoms with van der Waals surface area (Å²) in [5.41, 5.74) is 5.33. The number of ether oxygens (including phenoxy) is 4. The predicted molar refractivity (Wildman–Crippen MR) is 258 cm³/mol. The minimum atomic E-state index is -4.76. The van der Waals surface area contributed by atoms with Gasteiger partial charge in [-0.05, 0) is 60.8 Å². The number of hydrogen-bond donors (Lipinski definition) is 4. The minimum absolute atomic E-state index is 0. The second-order valence-electron chi connectivity index (χ2n) is 16.4. The van der Waals surface area contributed by atoms with Crippen molar-refractivity contribution >= 4 is 89.4 Å². The van der Waals surface area contributed by atoms with Crippen molar-refractivity contribution in [3.8, 4) is 11.1 Å². The first-order chi connectivity index (χ1) is 32.8. The molecule has 7 rings (SSSR count). The zero-order valence-electron chi connectivity index (χ0n) is 38.1. The second kappa shape index (κ2) is 25.4. The number of fused-ring (bicyclic) bond motifs is 4. The van der Waals surface area contributed by atoms with Crippen LogP contribution in [-0.4, -0.2) is 156 Å². The van der Waals surface area contributed by atoms with E-state index >= 15 is 0 Å². The van der Waals surface area contributed by atoms with Crippen LogP contribution in [-0.2, 0) is 28.0 Å². The summed E-state index contributed by atoms with van der Waals surface area (Å²) < 4.78 is 36.9. The van der Waals surface area contributed by atoms with Crippen LogP contribution in [0, 0.1) is 0 Å². The molecule has 4 aromatic rings. The molecule has 70 heavy (non-hydrogen) atoms. The van der Waals surface area contributed by atoms with Gasteiger partial charge in [-0.3, -0.25) is 4.52 Å². The van der Waals surface area contributed by atoms with E-state index in [4.69, 9.17) is 78.2 Å². The Labute approximate surface area is 409 Å². The van der Waals surface area contributed by atoms with Crippen LogP contribution in [0.3, 0.4) is 0 Å². The van der Waals surface area contributed by atoms with Crippen LogP contribution in [0.15, 0.2) is 48.5 Å². The van der Waals surface area contributed by atoms with E-state index in [0.29, 0.717) is 54.8 Å². The van der Waals surface area contributed by atoms with Crippen LogP contribution in [0.4, 0.5) is 33.1 Å². The smallest absolute Gasteiger partial charge is 0.445 e. The number of aromatic nitrogens is 4. The standard InChI is InChI=1S/C44H57Cl3N9O11P.2Fm/c45-44(46,47)30-66-42(58)48-15-25-63-26-21-56(22-27-64-43(59)65-29-35-33-13-5-3-11-31(33)32-12-4-6-14-34(32)35)41-50-37-36(39(52-41)54-18-9-2-10-19-54)49-40(51-38(37)53-16-7-1-8-17-53)55(20-24-57)23-28-67-68(60,61)62;;/h3-6,11-14,35,57H,1-2,7-10,15-30H2,(H,48,58)(H2,60,61,62);;. The van der Waals surface area contributed by atoms with Crippen LogP contribution in [0.1, 0.15) is 55.6 Å². The molecule has 2 saturated heterocycles. The van der Waals surface area contributed by atoms with E-state index in [1.807, 2.05) is 41.3 Å². The summed E-state index contributed by atoms with van der Waals surface area (Å²) >= 11 is 17.1. The molecule has 0 bridgehead atoms. The molecule has 1 amide bonds. The van der Waals surface area contributed by atoms with Gasteiger partial charge in [0.1, 0.15) is 30.9 Å². The largest absolute Gasteiger partial charge is 0.508 e. The quantitative estimate of drug-likeness (QED) is 0.0297. The van der Waals surface area contributed by atoms with Gasteiger partial charge < -0.3 is 58.8 Å². The number of nitrogens with one attached hydrogen (secondary N) is 1. The molecule has 2 aliphatic heterocycles. The van der Waals surface area contributed by atoms with Gasteiger partial charge in [0.25, 0.3) is 0 Å². The average Bonchev–Trinajstić information content (AvgIpc) is 3.65. The molecule has 1 aliphatic carbocycles. The normalized spacial score (nSPS) is 14.8. The zero-order chi connectivity index (χ0) is 48.1. The maximum absolute atomic E-state index is 13.3. The molecule has 4 heterocycles. The number of nitrogens with zero attached hydrogens (tertiary/aromatic N) is 8. The zero-order valence-corrected chi connectivity index (χ0v) is 46.1. The van der Waals surface area contributed by atoms with Crippen LogP contribution >= 0.6 is 42.6 Å². The maximum atomic E-state index is 13.3. The Hall–Kier alpha value is -6.50. The Morgan fingerprint density at radius 1 is 0.700 bits per heavy atom. The summed E-state index contributed by atoms with van der Waals surface area (Å²) in [5, 5.41) is 12.6. The van der Waals surface area contributed by atoms with Crippen molar-refractivity contribution in [2.24, 2.45) is 0 Å².